The Labute approximate surface area is 119 Å². The smallest absolute Gasteiger partial charge is 0.335 e. The van der Waals surface area contributed by atoms with E-state index in [1.807, 2.05) is 0 Å². The van der Waals surface area contributed by atoms with E-state index in [0.29, 0.717) is 16.9 Å². The molecule has 0 aliphatic rings. The van der Waals surface area contributed by atoms with Crippen LogP contribution >= 0.6 is 11.8 Å². The molecule has 0 atom stereocenters. The number of ether oxygens (including phenoxy) is 2. The SMILES string of the molecule is COc1cc(OC)nc(Sc2ccc(C(=O)O)cc2)n1. The molecule has 1 aromatic carbocycles. The number of benzene rings is 1. The zero-order valence-corrected chi connectivity index (χ0v) is 11.7. The maximum atomic E-state index is 10.8. The van der Waals surface area contributed by atoms with Crippen LogP contribution in [-0.2, 0) is 0 Å². The van der Waals surface area contributed by atoms with Crippen molar-refractivity contribution in [3.63, 3.8) is 0 Å². The fraction of sp³-hybridized carbons (Fsp3) is 0.154. The molecule has 0 aliphatic carbocycles. The first-order valence-corrected chi connectivity index (χ1v) is 6.42. The normalized spacial score (nSPS) is 10.1. The van der Waals surface area contributed by atoms with E-state index in [2.05, 4.69) is 9.97 Å². The number of aromatic nitrogens is 2. The van der Waals surface area contributed by atoms with Gasteiger partial charge in [-0.15, -0.1) is 0 Å². The number of hydrogen-bond acceptors (Lipinski definition) is 6. The summed E-state index contributed by atoms with van der Waals surface area (Å²) in [7, 11) is 3.02. The van der Waals surface area contributed by atoms with Crippen LogP contribution in [0, 0.1) is 0 Å². The van der Waals surface area contributed by atoms with Gasteiger partial charge in [-0.3, -0.25) is 0 Å². The molecule has 104 valence electrons. The first-order chi connectivity index (χ1) is 9.62. The van der Waals surface area contributed by atoms with Crippen LogP contribution < -0.4 is 9.47 Å². The van der Waals surface area contributed by atoms with E-state index < -0.39 is 5.97 Å². The average Bonchev–Trinajstić information content (AvgIpc) is 2.47. The van der Waals surface area contributed by atoms with Crippen molar-refractivity contribution in [2.24, 2.45) is 0 Å². The number of aromatic carboxylic acids is 1. The minimum absolute atomic E-state index is 0.235. The Bertz CT molecular complexity index is 594. The van der Waals surface area contributed by atoms with E-state index in [9.17, 15) is 4.79 Å². The van der Waals surface area contributed by atoms with Crippen LogP contribution in [0.1, 0.15) is 10.4 Å². The summed E-state index contributed by atoms with van der Waals surface area (Å²) in [5, 5.41) is 9.30. The highest BCUT2D eigenvalue weighted by molar-refractivity contribution is 7.99. The molecule has 0 spiro atoms. The van der Waals surface area contributed by atoms with Crippen LogP contribution in [0.15, 0.2) is 40.4 Å². The molecule has 0 unspecified atom stereocenters. The van der Waals surface area contributed by atoms with Crippen molar-refractivity contribution in [1.29, 1.82) is 0 Å². The molecule has 2 rings (SSSR count). The van der Waals surface area contributed by atoms with Gasteiger partial charge < -0.3 is 14.6 Å². The molecule has 1 heterocycles. The number of rotatable bonds is 5. The molecule has 2 aromatic rings. The monoisotopic (exact) mass is 292 g/mol. The summed E-state index contributed by atoms with van der Waals surface area (Å²) < 4.78 is 10.1. The van der Waals surface area contributed by atoms with E-state index >= 15 is 0 Å². The molecule has 0 bridgehead atoms. The first kappa shape index (κ1) is 14.1. The third-order valence-electron chi connectivity index (χ3n) is 2.39. The van der Waals surface area contributed by atoms with Crippen LogP contribution in [0.2, 0.25) is 0 Å². The van der Waals surface area contributed by atoms with Gasteiger partial charge in [-0.25, -0.2) is 4.79 Å². The van der Waals surface area contributed by atoms with Crippen LogP contribution in [0.25, 0.3) is 0 Å². The number of nitrogens with zero attached hydrogens (tertiary/aromatic N) is 2. The van der Waals surface area contributed by atoms with Crippen molar-refractivity contribution in [2.45, 2.75) is 10.1 Å². The lowest BCUT2D eigenvalue weighted by atomic mass is 10.2. The van der Waals surface area contributed by atoms with Gasteiger partial charge in [-0.05, 0) is 36.0 Å². The van der Waals surface area contributed by atoms with Crippen molar-refractivity contribution < 1.29 is 19.4 Å². The van der Waals surface area contributed by atoms with E-state index in [1.54, 1.807) is 18.2 Å². The molecule has 0 amide bonds. The summed E-state index contributed by atoms with van der Waals surface area (Å²) in [4.78, 5) is 20.0. The maximum Gasteiger partial charge on any atom is 0.335 e. The van der Waals surface area contributed by atoms with Crippen molar-refractivity contribution in [3.05, 3.63) is 35.9 Å². The Kier molecular flexibility index (Phi) is 4.41. The van der Waals surface area contributed by atoms with Crippen molar-refractivity contribution in [1.82, 2.24) is 9.97 Å². The van der Waals surface area contributed by atoms with Gasteiger partial charge in [0.1, 0.15) is 0 Å². The molecule has 0 aliphatic heterocycles. The molecule has 0 radical (unpaired) electrons. The maximum absolute atomic E-state index is 10.8. The van der Waals surface area contributed by atoms with Crippen LogP contribution in [0.3, 0.4) is 0 Å². The molecule has 0 saturated carbocycles. The number of carboxylic acid groups (broad SMARTS) is 1. The summed E-state index contributed by atoms with van der Waals surface area (Å²) >= 11 is 1.29. The zero-order valence-electron chi connectivity index (χ0n) is 10.9. The highest BCUT2D eigenvalue weighted by Gasteiger charge is 2.08. The second kappa shape index (κ2) is 6.25. The molecule has 0 fully saturated rings. The largest absolute Gasteiger partial charge is 0.481 e. The molecule has 20 heavy (non-hydrogen) atoms. The Hall–Kier alpha value is -2.28. The fourth-order valence-electron chi connectivity index (χ4n) is 1.41. The Balaban J connectivity index is 2.22. The van der Waals surface area contributed by atoms with Crippen LogP contribution in [-0.4, -0.2) is 35.3 Å². The molecule has 0 saturated heterocycles. The lowest BCUT2D eigenvalue weighted by Gasteiger charge is -2.06. The van der Waals surface area contributed by atoms with E-state index in [-0.39, 0.29) is 5.56 Å². The molecule has 7 heteroatoms. The summed E-state index contributed by atoms with van der Waals surface area (Å²) in [6.07, 6.45) is 0. The van der Waals surface area contributed by atoms with Gasteiger partial charge in [-0.2, -0.15) is 9.97 Å². The van der Waals surface area contributed by atoms with Crippen molar-refractivity contribution >= 4 is 17.7 Å². The lowest BCUT2D eigenvalue weighted by Crippen LogP contribution is -1.96. The van der Waals surface area contributed by atoms with E-state index in [1.165, 1.54) is 38.1 Å². The molecular formula is C13H12N2O4S. The summed E-state index contributed by atoms with van der Waals surface area (Å²) in [5.41, 5.74) is 0.235. The third-order valence-corrected chi connectivity index (χ3v) is 3.26. The van der Waals surface area contributed by atoms with E-state index in [4.69, 9.17) is 14.6 Å². The van der Waals surface area contributed by atoms with Gasteiger partial charge in [0.05, 0.1) is 25.8 Å². The van der Waals surface area contributed by atoms with E-state index in [0.717, 1.165) is 4.90 Å². The fourth-order valence-corrected chi connectivity index (χ4v) is 2.16. The Morgan fingerprint density at radius 1 is 1.10 bits per heavy atom. The number of hydrogen-bond donors (Lipinski definition) is 1. The third kappa shape index (κ3) is 3.39. The number of carboxylic acids is 1. The summed E-state index contributed by atoms with van der Waals surface area (Å²) in [6.45, 7) is 0. The quantitative estimate of drug-likeness (QED) is 0.847. The van der Waals surface area contributed by atoms with Gasteiger partial charge in [0.2, 0.25) is 11.8 Å². The molecule has 1 N–H and O–H groups in total. The molecule has 1 aromatic heterocycles. The minimum Gasteiger partial charge on any atom is -0.481 e. The Morgan fingerprint density at radius 2 is 1.65 bits per heavy atom. The Morgan fingerprint density at radius 3 is 2.10 bits per heavy atom. The predicted molar refractivity (Wildman–Crippen MR) is 72.7 cm³/mol. The van der Waals surface area contributed by atoms with Crippen molar-refractivity contribution in [3.8, 4) is 11.8 Å². The average molecular weight is 292 g/mol. The minimum atomic E-state index is -0.958. The zero-order chi connectivity index (χ0) is 14.5. The van der Waals surface area contributed by atoms with Gasteiger partial charge in [0.25, 0.3) is 0 Å². The summed E-state index contributed by atoms with van der Waals surface area (Å²) in [5.74, 6) is -0.149. The topological polar surface area (TPSA) is 81.5 Å². The van der Waals surface area contributed by atoms with Crippen molar-refractivity contribution in [2.75, 3.05) is 14.2 Å². The van der Waals surface area contributed by atoms with Gasteiger partial charge >= 0.3 is 5.97 Å². The lowest BCUT2D eigenvalue weighted by molar-refractivity contribution is 0.0697. The second-order valence-corrected chi connectivity index (χ2v) is 4.71. The highest BCUT2D eigenvalue weighted by Crippen LogP contribution is 2.28. The van der Waals surface area contributed by atoms with Crippen LogP contribution in [0.5, 0.6) is 11.8 Å². The number of carbonyl (C=O) groups is 1. The highest BCUT2D eigenvalue weighted by atomic mass is 32.2. The molecular weight excluding hydrogens is 280 g/mol. The van der Waals surface area contributed by atoms with Gasteiger partial charge in [0.15, 0.2) is 5.16 Å². The first-order valence-electron chi connectivity index (χ1n) is 5.60. The van der Waals surface area contributed by atoms with Crippen LogP contribution in [0.4, 0.5) is 0 Å². The van der Waals surface area contributed by atoms with Gasteiger partial charge in [-0.1, -0.05) is 0 Å². The van der Waals surface area contributed by atoms with Gasteiger partial charge in [0, 0.05) is 4.90 Å². The standard InChI is InChI=1S/C13H12N2O4S/c1-18-10-7-11(19-2)15-13(14-10)20-9-5-3-8(4-6-9)12(16)17/h3-7H,1-2H3,(H,16,17). The molecule has 6 nitrogen and oxygen atoms in total. The number of methoxy groups -OCH3 is 2. The second-order valence-electron chi connectivity index (χ2n) is 3.67. The predicted octanol–water partition coefficient (Wildman–Crippen LogP) is 2.34. The summed E-state index contributed by atoms with van der Waals surface area (Å²) in [6, 6.07) is 8.04.